The average Bonchev–Trinajstić information content (AvgIpc) is 3.00. The van der Waals surface area contributed by atoms with E-state index in [4.69, 9.17) is 4.74 Å². The number of hydrogen-bond donors (Lipinski definition) is 4. The number of aliphatic hydroxyl groups is 2. The molecule has 0 aliphatic carbocycles. The number of aromatic amines is 1. The van der Waals surface area contributed by atoms with Crippen molar-refractivity contribution in [1.29, 1.82) is 0 Å². The van der Waals surface area contributed by atoms with Gasteiger partial charge in [0.25, 0.3) is 5.56 Å². The Morgan fingerprint density at radius 1 is 1.13 bits per heavy atom. The van der Waals surface area contributed by atoms with Gasteiger partial charge in [-0.25, -0.2) is 4.79 Å². The summed E-state index contributed by atoms with van der Waals surface area (Å²) >= 11 is 0. The maximum absolute atomic E-state index is 12.6. The van der Waals surface area contributed by atoms with Crippen LogP contribution in [0.4, 0.5) is 0 Å². The van der Waals surface area contributed by atoms with Crippen LogP contribution in [0.15, 0.2) is 46.1 Å². The van der Waals surface area contributed by atoms with Gasteiger partial charge in [-0.05, 0) is 30.4 Å². The first kappa shape index (κ1) is 22.9. The van der Waals surface area contributed by atoms with Crippen LogP contribution in [-0.4, -0.2) is 50.5 Å². The van der Waals surface area contributed by atoms with Gasteiger partial charge >= 0.3 is 5.69 Å². The maximum Gasteiger partial charge on any atom is 0.330 e. The number of benzene rings is 1. The first-order valence-electron chi connectivity index (χ1n) is 10.4. The van der Waals surface area contributed by atoms with Gasteiger partial charge in [0, 0.05) is 18.8 Å². The number of rotatable bonds is 7. The highest BCUT2D eigenvalue weighted by Gasteiger charge is 2.44. The molecule has 1 aromatic carbocycles. The van der Waals surface area contributed by atoms with Gasteiger partial charge in [0.2, 0.25) is 5.91 Å². The Bertz CT molecular complexity index is 1010. The lowest BCUT2D eigenvalue weighted by Gasteiger charge is -2.18. The van der Waals surface area contributed by atoms with E-state index in [-0.39, 0.29) is 12.5 Å². The molecule has 2 aromatic rings. The number of aromatic nitrogens is 2. The summed E-state index contributed by atoms with van der Waals surface area (Å²) in [5.41, 5.74) is 0.745. The Morgan fingerprint density at radius 3 is 2.42 bits per heavy atom. The maximum atomic E-state index is 12.6. The second-order valence-corrected chi connectivity index (χ2v) is 8.37. The monoisotopic (exact) mass is 431 g/mol. The van der Waals surface area contributed by atoms with Gasteiger partial charge in [0.05, 0.1) is 5.92 Å². The minimum atomic E-state index is -1.39. The van der Waals surface area contributed by atoms with E-state index in [2.05, 4.69) is 24.1 Å². The standard InChI is InChI=1S/C22H29N3O6/c1-12(2)10-14-4-6-15(7-5-14)13(3)20(29)23-11-16-18(27)19(28)21(31-16)25-9-8-17(26)24-22(25)30/h4-9,12-13,16,18-19,21,27-28H,10-11H2,1-3H3,(H,23,29)(H,24,26,30)/t13?,16-,18-,19-,21-/m1/s1. The lowest BCUT2D eigenvalue weighted by Crippen LogP contribution is -2.41. The van der Waals surface area contributed by atoms with Crippen molar-refractivity contribution in [2.45, 2.75) is 57.6 Å². The van der Waals surface area contributed by atoms with E-state index in [9.17, 15) is 24.6 Å². The highest BCUT2D eigenvalue weighted by atomic mass is 16.6. The molecule has 0 spiro atoms. The predicted molar refractivity (Wildman–Crippen MR) is 114 cm³/mol. The van der Waals surface area contributed by atoms with E-state index in [1.54, 1.807) is 6.92 Å². The molecular weight excluding hydrogens is 402 g/mol. The normalized spacial score (nSPS) is 24.3. The number of H-pyrrole nitrogens is 1. The van der Waals surface area contributed by atoms with E-state index in [0.29, 0.717) is 5.92 Å². The van der Waals surface area contributed by atoms with E-state index in [0.717, 1.165) is 22.6 Å². The molecule has 31 heavy (non-hydrogen) atoms. The first-order valence-corrected chi connectivity index (χ1v) is 10.4. The average molecular weight is 431 g/mol. The van der Waals surface area contributed by atoms with Gasteiger partial charge in [-0.1, -0.05) is 38.1 Å². The molecule has 1 aliphatic rings. The number of amides is 1. The molecule has 1 saturated heterocycles. The number of nitrogens with one attached hydrogen (secondary N) is 2. The van der Waals surface area contributed by atoms with Gasteiger partial charge in [-0.2, -0.15) is 0 Å². The summed E-state index contributed by atoms with van der Waals surface area (Å²) in [6.45, 7) is 6.05. The zero-order chi connectivity index (χ0) is 22.7. The van der Waals surface area contributed by atoms with Crippen molar-refractivity contribution in [3.63, 3.8) is 0 Å². The molecular formula is C22H29N3O6. The second kappa shape index (κ2) is 9.59. The Morgan fingerprint density at radius 2 is 1.81 bits per heavy atom. The zero-order valence-corrected chi connectivity index (χ0v) is 17.8. The summed E-state index contributed by atoms with van der Waals surface area (Å²) in [6, 6.07) is 9.03. The van der Waals surface area contributed by atoms with Gasteiger partial charge in [-0.15, -0.1) is 0 Å². The van der Waals surface area contributed by atoms with Gasteiger partial charge < -0.3 is 20.3 Å². The third-order valence-corrected chi connectivity index (χ3v) is 5.46. The molecule has 1 unspecified atom stereocenters. The molecule has 5 atom stereocenters. The summed E-state index contributed by atoms with van der Waals surface area (Å²) < 4.78 is 6.61. The van der Waals surface area contributed by atoms with E-state index in [1.165, 1.54) is 11.8 Å². The molecule has 0 bridgehead atoms. The molecule has 1 aliphatic heterocycles. The Balaban J connectivity index is 1.60. The third-order valence-electron chi connectivity index (χ3n) is 5.46. The lowest BCUT2D eigenvalue weighted by atomic mass is 9.96. The van der Waals surface area contributed by atoms with E-state index < -0.39 is 41.7 Å². The smallest absolute Gasteiger partial charge is 0.330 e. The van der Waals surface area contributed by atoms with Gasteiger partial charge in [0.1, 0.15) is 18.3 Å². The predicted octanol–water partition coefficient (Wildman–Crippen LogP) is 0.274. The first-order chi connectivity index (χ1) is 14.7. The third kappa shape index (κ3) is 5.30. The molecule has 1 amide bonds. The molecule has 0 radical (unpaired) electrons. The molecule has 168 valence electrons. The Kier molecular flexibility index (Phi) is 7.09. The lowest BCUT2D eigenvalue weighted by molar-refractivity contribution is -0.123. The van der Waals surface area contributed by atoms with E-state index in [1.807, 2.05) is 24.3 Å². The van der Waals surface area contributed by atoms with Crippen LogP contribution < -0.4 is 16.6 Å². The molecule has 1 aromatic heterocycles. The molecule has 9 heteroatoms. The molecule has 9 nitrogen and oxygen atoms in total. The van der Waals surface area contributed by atoms with Crippen molar-refractivity contribution in [3.05, 3.63) is 68.5 Å². The van der Waals surface area contributed by atoms with Crippen molar-refractivity contribution < 1.29 is 19.7 Å². The van der Waals surface area contributed by atoms with Crippen LogP contribution in [0.2, 0.25) is 0 Å². The van der Waals surface area contributed by atoms with Crippen LogP contribution in [0.5, 0.6) is 0 Å². The molecule has 3 rings (SSSR count). The summed E-state index contributed by atoms with van der Waals surface area (Å²) in [5.74, 6) is -0.101. The summed E-state index contributed by atoms with van der Waals surface area (Å²) in [4.78, 5) is 37.8. The largest absolute Gasteiger partial charge is 0.387 e. The van der Waals surface area contributed by atoms with Crippen LogP contribution in [-0.2, 0) is 16.0 Å². The minimum absolute atomic E-state index is 0.0402. The van der Waals surface area contributed by atoms with Crippen molar-refractivity contribution in [2.75, 3.05) is 6.54 Å². The summed E-state index contributed by atoms with van der Waals surface area (Å²) in [6.07, 6.45) is -2.63. The van der Waals surface area contributed by atoms with Gasteiger partial charge in [0.15, 0.2) is 6.23 Å². The fourth-order valence-corrected chi connectivity index (χ4v) is 3.67. The Labute approximate surface area is 179 Å². The number of nitrogens with zero attached hydrogens (tertiary/aromatic N) is 1. The number of aliphatic hydroxyl groups excluding tert-OH is 2. The second-order valence-electron chi connectivity index (χ2n) is 8.37. The number of hydrogen-bond acceptors (Lipinski definition) is 6. The van der Waals surface area contributed by atoms with Crippen LogP contribution in [0, 0.1) is 5.92 Å². The van der Waals surface area contributed by atoms with Crippen molar-refractivity contribution >= 4 is 5.91 Å². The molecule has 1 fully saturated rings. The fraction of sp³-hybridized carbons (Fsp3) is 0.500. The molecule has 4 N–H and O–H groups in total. The summed E-state index contributed by atoms with van der Waals surface area (Å²) in [7, 11) is 0. The summed E-state index contributed by atoms with van der Waals surface area (Å²) in [5, 5.41) is 23.3. The SMILES string of the molecule is CC(C)Cc1ccc(C(C)C(=O)NC[C@H]2O[C@@H](n3ccc(=O)[nH]c3=O)[C@H](O)[C@@H]2O)cc1. The van der Waals surface area contributed by atoms with Crippen LogP contribution in [0.1, 0.15) is 44.0 Å². The van der Waals surface area contributed by atoms with Crippen LogP contribution in [0.3, 0.4) is 0 Å². The number of carbonyl (C=O) groups is 1. The highest BCUT2D eigenvalue weighted by Crippen LogP contribution is 2.28. The van der Waals surface area contributed by atoms with Crippen molar-refractivity contribution in [2.24, 2.45) is 5.92 Å². The Hall–Kier alpha value is -2.75. The van der Waals surface area contributed by atoms with E-state index >= 15 is 0 Å². The molecule has 0 saturated carbocycles. The van der Waals surface area contributed by atoms with Gasteiger partial charge in [-0.3, -0.25) is 19.1 Å². The fourth-order valence-electron chi connectivity index (χ4n) is 3.67. The van der Waals surface area contributed by atoms with Crippen LogP contribution in [0.25, 0.3) is 0 Å². The minimum Gasteiger partial charge on any atom is -0.387 e. The molecule has 2 heterocycles. The van der Waals surface area contributed by atoms with Crippen molar-refractivity contribution in [3.8, 4) is 0 Å². The number of carbonyl (C=O) groups excluding carboxylic acids is 1. The van der Waals surface area contributed by atoms with Crippen LogP contribution >= 0.6 is 0 Å². The van der Waals surface area contributed by atoms with Crippen molar-refractivity contribution in [1.82, 2.24) is 14.9 Å². The topological polar surface area (TPSA) is 134 Å². The highest BCUT2D eigenvalue weighted by molar-refractivity contribution is 5.83. The quantitative estimate of drug-likeness (QED) is 0.497. The zero-order valence-electron chi connectivity index (χ0n) is 17.8. The number of ether oxygens (including phenoxy) is 1.